The first kappa shape index (κ1) is 15.7. The number of rotatable bonds is 4. The molecule has 0 aromatic heterocycles. The fourth-order valence-electron chi connectivity index (χ4n) is 3.23. The maximum absolute atomic E-state index is 14.2. The molecule has 0 aliphatic carbocycles. The molecular formula is C17H18FNO4. The molecule has 1 amide bonds. The summed E-state index contributed by atoms with van der Waals surface area (Å²) in [5.41, 5.74) is 0.145. The molecule has 6 heteroatoms. The molecule has 0 spiro atoms. The smallest absolute Gasteiger partial charge is 0.290 e. The van der Waals surface area contributed by atoms with Gasteiger partial charge in [0.25, 0.3) is 5.91 Å². The number of nitrogens with zero attached hydrogens (tertiary/aromatic N) is 1. The lowest BCUT2D eigenvalue weighted by Crippen LogP contribution is -2.37. The molecule has 122 valence electrons. The zero-order valence-electron chi connectivity index (χ0n) is 12.8. The third kappa shape index (κ3) is 2.74. The Morgan fingerprint density at radius 3 is 2.78 bits per heavy atom. The minimum absolute atomic E-state index is 0.0573. The number of hydrogen-bond acceptors (Lipinski definition) is 4. The van der Waals surface area contributed by atoms with E-state index in [1.165, 1.54) is 30.0 Å². The third-order valence-electron chi connectivity index (χ3n) is 4.31. The molecule has 0 saturated carbocycles. The van der Waals surface area contributed by atoms with E-state index in [4.69, 9.17) is 4.74 Å². The SMILES string of the molecule is CC(=O)C1=C(O)C(=O)N(C[C@H]2CCCO2)[C@@H]1c1ccccc1F. The first-order valence-corrected chi connectivity index (χ1v) is 7.61. The predicted octanol–water partition coefficient (Wildman–Crippen LogP) is 2.29. The number of amides is 1. The number of aliphatic hydroxyl groups is 1. The van der Waals surface area contributed by atoms with Crippen LogP contribution in [-0.4, -0.2) is 41.0 Å². The van der Waals surface area contributed by atoms with Crippen molar-refractivity contribution in [1.29, 1.82) is 0 Å². The van der Waals surface area contributed by atoms with Gasteiger partial charge in [0, 0.05) is 18.7 Å². The van der Waals surface area contributed by atoms with Crippen LogP contribution in [0.3, 0.4) is 0 Å². The van der Waals surface area contributed by atoms with Crippen LogP contribution in [0.4, 0.5) is 4.39 Å². The molecule has 2 aliphatic rings. The molecule has 0 radical (unpaired) electrons. The number of carbonyl (C=O) groups is 2. The van der Waals surface area contributed by atoms with Gasteiger partial charge in [-0.25, -0.2) is 4.39 Å². The van der Waals surface area contributed by atoms with E-state index in [0.29, 0.717) is 6.61 Å². The summed E-state index contributed by atoms with van der Waals surface area (Å²) in [6.45, 7) is 2.11. The average molecular weight is 319 g/mol. The van der Waals surface area contributed by atoms with E-state index in [1.807, 2.05) is 0 Å². The zero-order valence-corrected chi connectivity index (χ0v) is 12.8. The van der Waals surface area contributed by atoms with E-state index < -0.39 is 29.3 Å². The molecule has 0 bridgehead atoms. The Morgan fingerprint density at radius 2 is 2.17 bits per heavy atom. The van der Waals surface area contributed by atoms with E-state index >= 15 is 0 Å². The summed E-state index contributed by atoms with van der Waals surface area (Å²) < 4.78 is 19.8. The lowest BCUT2D eigenvalue weighted by molar-refractivity contribution is -0.131. The van der Waals surface area contributed by atoms with Crippen molar-refractivity contribution in [2.24, 2.45) is 0 Å². The highest BCUT2D eigenvalue weighted by Gasteiger charge is 2.44. The fraction of sp³-hybridized carbons (Fsp3) is 0.412. The molecule has 5 nitrogen and oxygen atoms in total. The van der Waals surface area contributed by atoms with Crippen LogP contribution in [-0.2, 0) is 14.3 Å². The van der Waals surface area contributed by atoms with E-state index in [-0.39, 0.29) is 23.8 Å². The Bertz CT molecular complexity index is 679. The van der Waals surface area contributed by atoms with Gasteiger partial charge in [-0.15, -0.1) is 0 Å². The number of halogens is 1. The Morgan fingerprint density at radius 1 is 1.43 bits per heavy atom. The summed E-state index contributed by atoms with van der Waals surface area (Å²) in [7, 11) is 0. The number of ether oxygens (including phenoxy) is 1. The highest BCUT2D eigenvalue weighted by molar-refractivity contribution is 6.08. The van der Waals surface area contributed by atoms with Crippen molar-refractivity contribution in [3.8, 4) is 0 Å². The van der Waals surface area contributed by atoms with Gasteiger partial charge in [0.2, 0.25) is 0 Å². The summed E-state index contributed by atoms with van der Waals surface area (Å²) >= 11 is 0. The number of benzene rings is 1. The van der Waals surface area contributed by atoms with Gasteiger partial charge in [-0.1, -0.05) is 18.2 Å². The monoisotopic (exact) mass is 319 g/mol. The van der Waals surface area contributed by atoms with Gasteiger partial charge in [0.05, 0.1) is 17.7 Å². The molecule has 1 saturated heterocycles. The van der Waals surface area contributed by atoms with Gasteiger partial charge in [0.1, 0.15) is 5.82 Å². The topological polar surface area (TPSA) is 66.8 Å². The average Bonchev–Trinajstić information content (AvgIpc) is 3.10. The molecule has 2 heterocycles. The van der Waals surface area contributed by atoms with E-state index in [9.17, 15) is 19.1 Å². The van der Waals surface area contributed by atoms with Gasteiger partial charge in [-0.3, -0.25) is 9.59 Å². The number of aliphatic hydroxyl groups excluding tert-OH is 1. The van der Waals surface area contributed by atoms with Gasteiger partial charge in [-0.05, 0) is 25.8 Å². The van der Waals surface area contributed by atoms with Gasteiger partial charge in [-0.2, -0.15) is 0 Å². The molecule has 3 rings (SSSR count). The van der Waals surface area contributed by atoms with Gasteiger partial charge >= 0.3 is 0 Å². The molecule has 23 heavy (non-hydrogen) atoms. The highest BCUT2D eigenvalue weighted by Crippen LogP contribution is 2.39. The third-order valence-corrected chi connectivity index (χ3v) is 4.31. The second-order valence-electron chi connectivity index (χ2n) is 5.84. The van der Waals surface area contributed by atoms with Crippen LogP contribution in [0.25, 0.3) is 0 Å². The van der Waals surface area contributed by atoms with Crippen LogP contribution < -0.4 is 0 Å². The first-order chi connectivity index (χ1) is 11.0. The molecule has 0 unspecified atom stereocenters. The van der Waals surface area contributed by atoms with Crippen molar-refractivity contribution in [2.45, 2.75) is 31.9 Å². The molecule has 2 atom stereocenters. The van der Waals surface area contributed by atoms with Crippen LogP contribution in [0.15, 0.2) is 35.6 Å². The number of carbonyl (C=O) groups excluding carboxylic acids is 2. The molecular weight excluding hydrogens is 301 g/mol. The van der Waals surface area contributed by atoms with E-state index in [1.54, 1.807) is 6.07 Å². The highest BCUT2D eigenvalue weighted by atomic mass is 19.1. The summed E-state index contributed by atoms with van der Waals surface area (Å²) in [5.74, 6) is -2.21. The maximum Gasteiger partial charge on any atom is 0.290 e. The Labute approximate surface area is 133 Å². The van der Waals surface area contributed by atoms with Crippen LogP contribution in [0.2, 0.25) is 0 Å². The van der Waals surface area contributed by atoms with Crippen LogP contribution in [0, 0.1) is 5.82 Å². The summed E-state index contributed by atoms with van der Waals surface area (Å²) in [4.78, 5) is 25.7. The normalized spacial score (nSPS) is 24.6. The largest absolute Gasteiger partial charge is 0.503 e. The quantitative estimate of drug-likeness (QED) is 0.924. The van der Waals surface area contributed by atoms with Crippen molar-refractivity contribution in [2.75, 3.05) is 13.2 Å². The van der Waals surface area contributed by atoms with Crippen molar-refractivity contribution in [3.05, 3.63) is 47.0 Å². The Kier molecular flexibility index (Phi) is 4.17. The minimum Gasteiger partial charge on any atom is -0.503 e. The van der Waals surface area contributed by atoms with Crippen LogP contribution >= 0.6 is 0 Å². The van der Waals surface area contributed by atoms with Crippen molar-refractivity contribution < 1.29 is 23.8 Å². The van der Waals surface area contributed by atoms with Gasteiger partial charge < -0.3 is 14.7 Å². The van der Waals surface area contributed by atoms with Crippen LogP contribution in [0.1, 0.15) is 31.4 Å². The molecule has 1 aromatic rings. The van der Waals surface area contributed by atoms with Crippen molar-refractivity contribution >= 4 is 11.7 Å². The Balaban J connectivity index is 2.02. The van der Waals surface area contributed by atoms with Crippen molar-refractivity contribution in [1.82, 2.24) is 4.90 Å². The fourth-order valence-corrected chi connectivity index (χ4v) is 3.23. The minimum atomic E-state index is -0.912. The molecule has 1 aromatic carbocycles. The van der Waals surface area contributed by atoms with E-state index in [0.717, 1.165) is 12.8 Å². The molecule has 1 N–H and O–H groups in total. The molecule has 1 fully saturated rings. The zero-order chi connectivity index (χ0) is 16.6. The summed E-state index contributed by atoms with van der Waals surface area (Å²) in [6.07, 6.45) is 1.53. The second-order valence-corrected chi connectivity index (χ2v) is 5.84. The number of hydrogen-bond donors (Lipinski definition) is 1. The Hall–Kier alpha value is -2.21. The maximum atomic E-state index is 14.2. The van der Waals surface area contributed by atoms with E-state index in [2.05, 4.69) is 0 Å². The standard InChI is InChI=1S/C17H18FNO4/c1-10(20)14-15(12-6-2-3-7-13(12)18)19(17(22)16(14)21)9-11-5-4-8-23-11/h2-3,6-7,11,15,21H,4-5,8-9H2,1H3/t11-,15-/m1/s1. The second kappa shape index (κ2) is 6.12. The lowest BCUT2D eigenvalue weighted by atomic mass is 9.96. The molecule has 2 aliphatic heterocycles. The van der Waals surface area contributed by atoms with Crippen molar-refractivity contribution in [3.63, 3.8) is 0 Å². The van der Waals surface area contributed by atoms with Gasteiger partial charge in [0.15, 0.2) is 11.5 Å². The number of ketones is 1. The number of Topliss-reactive ketones (excluding diaryl/α,β-unsaturated/α-hetero) is 1. The predicted molar refractivity (Wildman–Crippen MR) is 80.2 cm³/mol. The van der Waals surface area contributed by atoms with Crippen LogP contribution in [0.5, 0.6) is 0 Å². The summed E-state index contributed by atoms with van der Waals surface area (Å²) in [5, 5.41) is 10.1. The first-order valence-electron chi connectivity index (χ1n) is 7.61. The summed E-state index contributed by atoms with van der Waals surface area (Å²) in [6, 6.07) is 5.07. The lowest BCUT2D eigenvalue weighted by Gasteiger charge is -2.28.